The van der Waals surface area contributed by atoms with Gasteiger partial charge in [-0.1, -0.05) is 37.3 Å². The summed E-state index contributed by atoms with van der Waals surface area (Å²) < 4.78 is 5.10. The average molecular weight is 258 g/mol. The Morgan fingerprint density at radius 2 is 1.95 bits per heavy atom. The number of hydrogen-bond acceptors (Lipinski definition) is 2. The van der Waals surface area contributed by atoms with Crippen molar-refractivity contribution in [2.75, 3.05) is 7.11 Å². The number of hydrogen-bond donors (Lipinski definition) is 0. The Morgan fingerprint density at radius 3 is 2.63 bits per heavy atom. The quantitative estimate of drug-likeness (QED) is 0.757. The molecule has 2 nitrogen and oxygen atoms in total. The highest BCUT2D eigenvalue weighted by atomic mass is 16.5. The van der Waals surface area contributed by atoms with Crippen LogP contribution in [-0.2, 0) is 9.53 Å². The van der Waals surface area contributed by atoms with Crippen LogP contribution in [0.2, 0.25) is 0 Å². The van der Waals surface area contributed by atoms with Crippen molar-refractivity contribution < 1.29 is 9.53 Å². The van der Waals surface area contributed by atoms with E-state index in [9.17, 15) is 4.79 Å². The molecule has 19 heavy (non-hydrogen) atoms. The molecule has 0 heterocycles. The Balaban J connectivity index is 1.96. The number of ether oxygens (including phenoxy) is 1. The van der Waals surface area contributed by atoms with Gasteiger partial charge in [0.2, 0.25) is 0 Å². The molecule has 0 spiro atoms. The van der Waals surface area contributed by atoms with Crippen LogP contribution in [0.5, 0.6) is 0 Å². The van der Waals surface area contributed by atoms with Gasteiger partial charge in [-0.3, -0.25) is 4.79 Å². The summed E-state index contributed by atoms with van der Waals surface area (Å²) in [5, 5.41) is 0. The first-order valence-electron chi connectivity index (χ1n) is 7.35. The Labute approximate surface area is 115 Å². The molecule has 3 rings (SSSR count). The van der Waals surface area contributed by atoms with Crippen LogP contribution in [0.1, 0.15) is 37.7 Å². The van der Waals surface area contributed by atoms with E-state index >= 15 is 0 Å². The molecular formula is C17H22O2. The van der Waals surface area contributed by atoms with Gasteiger partial charge in [-0.2, -0.15) is 0 Å². The molecule has 2 fully saturated rings. The van der Waals surface area contributed by atoms with Crippen LogP contribution in [0.4, 0.5) is 0 Å². The smallest absolute Gasteiger partial charge is 0.309 e. The van der Waals surface area contributed by atoms with Crippen LogP contribution in [-0.4, -0.2) is 13.1 Å². The van der Waals surface area contributed by atoms with Gasteiger partial charge in [0.25, 0.3) is 0 Å². The Kier molecular flexibility index (Phi) is 3.34. The van der Waals surface area contributed by atoms with Crippen LogP contribution in [0, 0.1) is 23.7 Å². The summed E-state index contributed by atoms with van der Waals surface area (Å²) in [6, 6.07) is 10.5. The predicted octanol–water partition coefficient (Wildman–Crippen LogP) is 3.63. The monoisotopic (exact) mass is 258 g/mol. The third-order valence-electron chi connectivity index (χ3n) is 5.44. The van der Waals surface area contributed by atoms with E-state index in [1.807, 2.05) is 6.07 Å². The average Bonchev–Trinajstić information content (AvgIpc) is 2.70. The highest BCUT2D eigenvalue weighted by Gasteiger charge is 2.50. The number of esters is 1. The number of carbonyl (C=O) groups is 1. The van der Waals surface area contributed by atoms with E-state index in [-0.39, 0.29) is 11.9 Å². The maximum atomic E-state index is 12.3. The highest BCUT2D eigenvalue weighted by molar-refractivity contribution is 5.74. The van der Waals surface area contributed by atoms with E-state index in [1.54, 1.807) is 0 Å². The molecular weight excluding hydrogens is 236 g/mol. The van der Waals surface area contributed by atoms with Gasteiger partial charge in [-0.05, 0) is 48.5 Å². The molecule has 0 amide bonds. The topological polar surface area (TPSA) is 26.3 Å². The molecule has 2 aliphatic rings. The minimum atomic E-state index is -0.00828. The molecule has 2 heteroatoms. The zero-order valence-electron chi connectivity index (χ0n) is 11.7. The first-order chi connectivity index (χ1) is 9.22. The number of fused-ring (bicyclic) bond motifs is 2. The second kappa shape index (κ2) is 4.99. The van der Waals surface area contributed by atoms with Crippen LogP contribution < -0.4 is 0 Å². The van der Waals surface area contributed by atoms with Crippen molar-refractivity contribution in [3.63, 3.8) is 0 Å². The molecule has 2 aliphatic carbocycles. The molecule has 1 aromatic carbocycles. The second-order valence-corrected chi connectivity index (χ2v) is 6.16. The van der Waals surface area contributed by atoms with Gasteiger partial charge in [-0.25, -0.2) is 0 Å². The third-order valence-corrected chi connectivity index (χ3v) is 5.44. The van der Waals surface area contributed by atoms with Crippen LogP contribution >= 0.6 is 0 Å². The Bertz CT molecular complexity index is 454. The lowest BCUT2D eigenvalue weighted by atomic mass is 9.65. The largest absolute Gasteiger partial charge is 0.469 e. The van der Waals surface area contributed by atoms with Gasteiger partial charge in [0, 0.05) is 0 Å². The van der Waals surface area contributed by atoms with Crippen molar-refractivity contribution in [2.24, 2.45) is 23.7 Å². The number of benzene rings is 1. The molecule has 0 aromatic heterocycles. The summed E-state index contributed by atoms with van der Waals surface area (Å²) in [7, 11) is 1.52. The minimum Gasteiger partial charge on any atom is -0.469 e. The molecule has 1 aromatic rings. The van der Waals surface area contributed by atoms with Crippen molar-refractivity contribution in [3.8, 4) is 0 Å². The van der Waals surface area contributed by atoms with Gasteiger partial charge in [-0.15, -0.1) is 0 Å². The summed E-state index contributed by atoms with van der Waals surface area (Å²) in [5.74, 6) is 2.37. The maximum absolute atomic E-state index is 12.3. The summed E-state index contributed by atoms with van der Waals surface area (Å²) in [6.07, 6.45) is 3.61. The van der Waals surface area contributed by atoms with Gasteiger partial charge in [0.15, 0.2) is 0 Å². The van der Waals surface area contributed by atoms with Gasteiger partial charge in [0.1, 0.15) is 0 Å². The van der Waals surface area contributed by atoms with Crippen LogP contribution in [0.3, 0.4) is 0 Å². The molecule has 0 saturated heterocycles. The maximum Gasteiger partial charge on any atom is 0.309 e. The van der Waals surface area contributed by atoms with Crippen molar-refractivity contribution >= 4 is 5.97 Å². The standard InChI is InChI=1S/C17H22O2/c1-11-13-8-9-14(11)16(17(18)19-2)15(10-13)12-6-4-3-5-7-12/h3-7,11,13-16H,8-10H2,1-2H3. The van der Waals surface area contributed by atoms with Gasteiger partial charge >= 0.3 is 5.97 Å². The van der Waals surface area contributed by atoms with Crippen molar-refractivity contribution in [2.45, 2.75) is 32.1 Å². The van der Waals surface area contributed by atoms with E-state index in [1.165, 1.54) is 25.5 Å². The lowest BCUT2D eigenvalue weighted by molar-refractivity contribution is -0.150. The van der Waals surface area contributed by atoms with Gasteiger partial charge < -0.3 is 4.74 Å². The molecule has 5 unspecified atom stereocenters. The minimum absolute atomic E-state index is 0.00828. The fourth-order valence-electron chi connectivity index (χ4n) is 4.41. The van der Waals surface area contributed by atoms with Crippen LogP contribution in [0.15, 0.2) is 30.3 Å². The first kappa shape index (κ1) is 12.7. The second-order valence-electron chi connectivity index (χ2n) is 6.16. The van der Waals surface area contributed by atoms with E-state index < -0.39 is 0 Å². The summed E-state index contributed by atoms with van der Waals surface area (Å²) >= 11 is 0. The number of methoxy groups -OCH3 is 1. The first-order valence-corrected chi connectivity index (χ1v) is 7.35. The molecule has 0 aliphatic heterocycles. The molecule has 0 radical (unpaired) electrons. The summed E-state index contributed by atoms with van der Waals surface area (Å²) in [4.78, 5) is 12.3. The third kappa shape index (κ3) is 2.07. The van der Waals surface area contributed by atoms with E-state index in [2.05, 4.69) is 31.2 Å². The van der Waals surface area contributed by atoms with E-state index in [4.69, 9.17) is 4.74 Å². The molecule has 102 valence electrons. The summed E-state index contributed by atoms with van der Waals surface area (Å²) in [5.41, 5.74) is 1.31. The highest BCUT2D eigenvalue weighted by Crippen LogP contribution is 2.55. The SMILES string of the molecule is COC(=O)C1C(c2ccccc2)CC2CCC1C2C. The van der Waals surface area contributed by atoms with Gasteiger partial charge in [0.05, 0.1) is 13.0 Å². The Morgan fingerprint density at radius 1 is 1.21 bits per heavy atom. The predicted molar refractivity (Wildman–Crippen MR) is 74.7 cm³/mol. The molecule has 5 atom stereocenters. The fourth-order valence-corrected chi connectivity index (χ4v) is 4.41. The number of rotatable bonds is 2. The molecule has 0 N–H and O–H groups in total. The van der Waals surface area contributed by atoms with E-state index in [0.717, 1.165) is 12.3 Å². The fraction of sp³-hybridized carbons (Fsp3) is 0.588. The van der Waals surface area contributed by atoms with Crippen LogP contribution in [0.25, 0.3) is 0 Å². The normalized spacial score (nSPS) is 37.1. The number of carbonyl (C=O) groups excluding carboxylic acids is 1. The van der Waals surface area contributed by atoms with Crippen molar-refractivity contribution in [1.82, 2.24) is 0 Å². The van der Waals surface area contributed by atoms with Crippen molar-refractivity contribution in [1.29, 1.82) is 0 Å². The lowest BCUT2D eigenvalue weighted by Gasteiger charge is -2.39. The zero-order chi connectivity index (χ0) is 13.4. The van der Waals surface area contributed by atoms with E-state index in [0.29, 0.717) is 17.8 Å². The molecule has 2 saturated carbocycles. The lowest BCUT2D eigenvalue weighted by Crippen LogP contribution is -2.37. The summed E-state index contributed by atoms with van der Waals surface area (Å²) in [6.45, 7) is 2.32. The Hall–Kier alpha value is -1.31. The molecule has 2 bridgehead atoms. The van der Waals surface area contributed by atoms with Crippen molar-refractivity contribution in [3.05, 3.63) is 35.9 Å². The zero-order valence-corrected chi connectivity index (χ0v) is 11.7.